The van der Waals surface area contributed by atoms with Crippen molar-refractivity contribution in [2.24, 2.45) is 5.73 Å². The van der Waals surface area contributed by atoms with Gasteiger partial charge in [0.05, 0.1) is 30.0 Å². The number of nitrogens with two attached hydrogens (primary N) is 1. The second-order valence-electron chi connectivity index (χ2n) is 7.87. The number of anilines is 2. The second kappa shape index (κ2) is 9.32. The number of benzene rings is 2. The lowest BCUT2D eigenvalue weighted by Gasteiger charge is -2.27. The van der Waals surface area contributed by atoms with Crippen LogP contribution in [0.5, 0.6) is 0 Å². The number of fused-ring (bicyclic) bond motifs is 1. The first-order valence-corrected chi connectivity index (χ1v) is 10.8. The molecule has 0 atom stereocenters. The van der Waals surface area contributed by atoms with E-state index in [1.165, 1.54) is 0 Å². The molecular formula is C25H24N6O2. The van der Waals surface area contributed by atoms with Gasteiger partial charge in [-0.15, -0.1) is 0 Å². The molecule has 1 aliphatic heterocycles. The van der Waals surface area contributed by atoms with Crippen molar-refractivity contribution in [1.82, 2.24) is 19.9 Å². The zero-order valence-electron chi connectivity index (χ0n) is 18.1. The van der Waals surface area contributed by atoms with Crippen molar-refractivity contribution in [1.29, 1.82) is 0 Å². The van der Waals surface area contributed by atoms with Crippen LogP contribution in [0.4, 0.5) is 11.5 Å². The van der Waals surface area contributed by atoms with Gasteiger partial charge in [-0.2, -0.15) is 0 Å². The summed E-state index contributed by atoms with van der Waals surface area (Å²) >= 11 is 0. The Morgan fingerprint density at radius 1 is 1.03 bits per heavy atom. The third-order valence-electron chi connectivity index (χ3n) is 5.67. The van der Waals surface area contributed by atoms with E-state index in [0.717, 1.165) is 54.9 Å². The Hall–Kier alpha value is -3.88. The molecular weight excluding hydrogens is 416 g/mol. The zero-order chi connectivity index (χ0) is 22.6. The Bertz CT molecular complexity index is 1290. The van der Waals surface area contributed by atoms with Crippen LogP contribution < -0.4 is 11.1 Å². The number of morpholine rings is 1. The molecule has 0 radical (unpaired) electrons. The summed E-state index contributed by atoms with van der Waals surface area (Å²) in [5.74, 6) is 0.664. The SMILES string of the molecule is NC(=O)c1ccccc1Nc1nc(-c2cccnc2)nc2c(CN3CCOCC3)cccc12. The average molecular weight is 441 g/mol. The summed E-state index contributed by atoms with van der Waals surface area (Å²) in [6, 6.07) is 17.0. The molecule has 8 heteroatoms. The molecule has 1 saturated heterocycles. The number of ether oxygens (including phenoxy) is 1. The van der Waals surface area contributed by atoms with Crippen LogP contribution in [0.3, 0.4) is 0 Å². The van der Waals surface area contributed by atoms with Gasteiger partial charge in [0.15, 0.2) is 5.82 Å². The summed E-state index contributed by atoms with van der Waals surface area (Å²) in [5, 5.41) is 4.20. The summed E-state index contributed by atoms with van der Waals surface area (Å²) in [6.45, 7) is 4.00. The van der Waals surface area contributed by atoms with Crippen molar-refractivity contribution in [3.63, 3.8) is 0 Å². The van der Waals surface area contributed by atoms with E-state index < -0.39 is 5.91 Å². The van der Waals surface area contributed by atoms with Crippen LogP contribution in [-0.2, 0) is 11.3 Å². The summed E-state index contributed by atoms with van der Waals surface area (Å²) < 4.78 is 5.50. The summed E-state index contributed by atoms with van der Waals surface area (Å²) in [4.78, 5) is 28.3. The van der Waals surface area contributed by atoms with Gasteiger partial charge in [0.25, 0.3) is 5.91 Å². The number of amides is 1. The number of hydrogen-bond donors (Lipinski definition) is 2. The topological polar surface area (TPSA) is 106 Å². The lowest BCUT2D eigenvalue weighted by molar-refractivity contribution is 0.0343. The Morgan fingerprint density at radius 3 is 2.67 bits per heavy atom. The maximum absolute atomic E-state index is 12.0. The molecule has 1 amide bonds. The van der Waals surface area contributed by atoms with Gasteiger partial charge in [0.2, 0.25) is 0 Å². The standard InChI is InChI=1S/C25H24N6O2/c26-23(32)19-7-1-2-9-21(19)28-25-20-8-3-5-18(16-31-11-13-33-14-12-31)22(20)29-24(30-25)17-6-4-10-27-15-17/h1-10,15H,11-14,16H2,(H2,26,32)(H,28,29,30). The molecule has 3 heterocycles. The van der Waals surface area contributed by atoms with E-state index in [4.69, 9.17) is 20.4 Å². The lowest BCUT2D eigenvalue weighted by Crippen LogP contribution is -2.35. The highest BCUT2D eigenvalue weighted by Gasteiger charge is 2.17. The van der Waals surface area contributed by atoms with E-state index in [0.29, 0.717) is 22.9 Å². The Morgan fingerprint density at radius 2 is 1.88 bits per heavy atom. The fraction of sp³-hybridized carbons (Fsp3) is 0.200. The summed E-state index contributed by atoms with van der Waals surface area (Å²) in [5.41, 5.74) is 9.37. The van der Waals surface area contributed by atoms with E-state index in [1.807, 2.05) is 36.4 Å². The van der Waals surface area contributed by atoms with Crippen LogP contribution in [0.25, 0.3) is 22.3 Å². The highest BCUT2D eigenvalue weighted by molar-refractivity contribution is 6.01. The van der Waals surface area contributed by atoms with Crippen LogP contribution in [0.2, 0.25) is 0 Å². The molecule has 1 aliphatic rings. The normalized spacial score (nSPS) is 14.3. The maximum Gasteiger partial charge on any atom is 0.250 e. The molecule has 2 aromatic heterocycles. The fourth-order valence-electron chi connectivity index (χ4n) is 3.99. The summed E-state index contributed by atoms with van der Waals surface area (Å²) in [7, 11) is 0. The first-order valence-electron chi connectivity index (χ1n) is 10.8. The van der Waals surface area contributed by atoms with Crippen LogP contribution >= 0.6 is 0 Å². The first-order chi connectivity index (χ1) is 16.2. The zero-order valence-corrected chi connectivity index (χ0v) is 18.1. The number of carbonyl (C=O) groups excluding carboxylic acids is 1. The van der Waals surface area contributed by atoms with Crippen molar-refractivity contribution in [2.45, 2.75) is 6.54 Å². The molecule has 8 nitrogen and oxygen atoms in total. The number of rotatable bonds is 6. The summed E-state index contributed by atoms with van der Waals surface area (Å²) in [6.07, 6.45) is 3.46. The van der Waals surface area contributed by atoms with Gasteiger partial charge in [-0.1, -0.05) is 24.3 Å². The van der Waals surface area contributed by atoms with Gasteiger partial charge in [-0.3, -0.25) is 14.7 Å². The minimum Gasteiger partial charge on any atom is -0.379 e. The Balaban J connectivity index is 1.64. The Labute approximate surface area is 191 Å². The molecule has 0 saturated carbocycles. The van der Waals surface area contributed by atoms with Crippen molar-refractivity contribution >= 4 is 28.3 Å². The molecule has 166 valence electrons. The van der Waals surface area contributed by atoms with Crippen molar-refractivity contribution in [2.75, 3.05) is 31.6 Å². The predicted molar refractivity (Wildman–Crippen MR) is 127 cm³/mol. The minimum absolute atomic E-state index is 0.400. The van der Waals surface area contributed by atoms with Gasteiger partial charge in [-0.25, -0.2) is 9.97 Å². The average Bonchev–Trinajstić information content (AvgIpc) is 2.86. The van der Waals surface area contributed by atoms with Crippen molar-refractivity contribution in [3.8, 4) is 11.4 Å². The van der Waals surface area contributed by atoms with Crippen LogP contribution in [0.15, 0.2) is 67.0 Å². The lowest BCUT2D eigenvalue weighted by atomic mass is 10.1. The molecule has 1 fully saturated rings. The van der Waals surface area contributed by atoms with E-state index in [-0.39, 0.29) is 0 Å². The van der Waals surface area contributed by atoms with Crippen molar-refractivity contribution in [3.05, 3.63) is 78.1 Å². The highest BCUT2D eigenvalue weighted by atomic mass is 16.5. The molecule has 3 N–H and O–H groups in total. The number of para-hydroxylation sites is 2. The third-order valence-corrected chi connectivity index (χ3v) is 5.67. The number of aromatic nitrogens is 3. The molecule has 4 aromatic rings. The molecule has 0 spiro atoms. The molecule has 0 bridgehead atoms. The quantitative estimate of drug-likeness (QED) is 0.473. The van der Waals surface area contributed by atoms with Gasteiger partial charge >= 0.3 is 0 Å². The smallest absolute Gasteiger partial charge is 0.250 e. The number of pyridine rings is 1. The minimum atomic E-state index is -0.503. The second-order valence-corrected chi connectivity index (χ2v) is 7.87. The van der Waals surface area contributed by atoms with E-state index in [1.54, 1.807) is 24.5 Å². The number of nitrogens with zero attached hydrogens (tertiary/aromatic N) is 4. The van der Waals surface area contributed by atoms with Crippen LogP contribution in [0, 0.1) is 0 Å². The first kappa shape index (κ1) is 21.0. The van der Waals surface area contributed by atoms with E-state index in [2.05, 4.69) is 21.3 Å². The van der Waals surface area contributed by atoms with Gasteiger partial charge in [0.1, 0.15) is 5.82 Å². The fourth-order valence-corrected chi connectivity index (χ4v) is 3.99. The number of primary amides is 1. The van der Waals surface area contributed by atoms with Crippen LogP contribution in [-0.4, -0.2) is 52.1 Å². The molecule has 33 heavy (non-hydrogen) atoms. The Kier molecular flexibility index (Phi) is 5.93. The molecule has 0 aliphatic carbocycles. The predicted octanol–water partition coefficient (Wildman–Crippen LogP) is 3.37. The van der Waals surface area contributed by atoms with Gasteiger partial charge in [0, 0.05) is 43.0 Å². The molecule has 5 rings (SSSR count). The van der Waals surface area contributed by atoms with Gasteiger partial charge < -0.3 is 15.8 Å². The number of carbonyl (C=O) groups is 1. The molecule has 0 unspecified atom stereocenters. The van der Waals surface area contributed by atoms with Crippen LogP contribution in [0.1, 0.15) is 15.9 Å². The highest BCUT2D eigenvalue weighted by Crippen LogP contribution is 2.30. The largest absolute Gasteiger partial charge is 0.379 e. The third kappa shape index (κ3) is 4.52. The van der Waals surface area contributed by atoms with Gasteiger partial charge in [-0.05, 0) is 35.9 Å². The molecule has 2 aromatic carbocycles. The van der Waals surface area contributed by atoms with Crippen molar-refractivity contribution < 1.29 is 9.53 Å². The van der Waals surface area contributed by atoms with E-state index >= 15 is 0 Å². The monoisotopic (exact) mass is 440 g/mol. The number of nitrogens with one attached hydrogen (secondary N) is 1. The van der Waals surface area contributed by atoms with E-state index in [9.17, 15) is 4.79 Å². The maximum atomic E-state index is 12.0. The number of hydrogen-bond acceptors (Lipinski definition) is 7.